The maximum absolute atomic E-state index is 12.5. The molecule has 0 saturated heterocycles. The summed E-state index contributed by atoms with van der Waals surface area (Å²) in [7, 11) is 1.62. The van der Waals surface area contributed by atoms with Gasteiger partial charge in [0.15, 0.2) is 0 Å². The highest BCUT2D eigenvalue weighted by Gasteiger charge is 2.12. The molecule has 33 heavy (non-hydrogen) atoms. The number of nitrogens with one attached hydrogen (secondary N) is 1. The molecule has 0 atom stereocenters. The van der Waals surface area contributed by atoms with Crippen LogP contribution >= 0.6 is 0 Å². The number of carbonyl (C=O) groups is 1. The average Bonchev–Trinajstić information content (AvgIpc) is 2.86. The first-order valence-corrected chi connectivity index (χ1v) is 10.4. The van der Waals surface area contributed by atoms with E-state index in [4.69, 9.17) is 14.2 Å². The Morgan fingerprint density at radius 1 is 0.758 bits per heavy atom. The number of hydrogen-bond donors (Lipinski definition) is 1. The predicted molar refractivity (Wildman–Crippen MR) is 124 cm³/mol. The number of aromatic nitrogens is 2. The van der Waals surface area contributed by atoms with Crippen LogP contribution in [0.25, 0.3) is 0 Å². The zero-order chi connectivity index (χ0) is 23.0. The summed E-state index contributed by atoms with van der Waals surface area (Å²) >= 11 is 0. The molecule has 0 aliphatic rings. The lowest BCUT2D eigenvalue weighted by Gasteiger charge is -2.11. The van der Waals surface area contributed by atoms with E-state index in [2.05, 4.69) is 15.3 Å². The zero-order valence-corrected chi connectivity index (χ0v) is 18.3. The van der Waals surface area contributed by atoms with Crippen molar-refractivity contribution in [2.45, 2.75) is 13.5 Å². The van der Waals surface area contributed by atoms with E-state index in [1.807, 2.05) is 55.5 Å². The van der Waals surface area contributed by atoms with Gasteiger partial charge in [-0.3, -0.25) is 4.79 Å². The van der Waals surface area contributed by atoms with E-state index in [0.29, 0.717) is 23.6 Å². The largest absolute Gasteiger partial charge is 0.497 e. The summed E-state index contributed by atoms with van der Waals surface area (Å²) in [4.78, 5) is 20.9. The Balaban J connectivity index is 1.38. The van der Waals surface area contributed by atoms with Crippen LogP contribution in [0.4, 0.5) is 0 Å². The monoisotopic (exact) mass is 441 g/mol. The molecule has 0 aliphatic carbocycles. The maximum atomic E-state index is 12.5. The lowest BCUT2D eigenvalue weighted by molar-refractivity contribution is 0.0951. The molecule has 0 radical (unpaired) electrons. The van der Waals surface area contributed by atoms with Crippen LogP contribution in [-0.2, 0) is 6.54 Å². The third-order valence-corrected chi connectivity index (χ3v) is 4.81. The zero-order valence-electron chi connectivity index (χ0n) is 18.3. The molecule has 4 rings (SSSR count). The van der Waals surface area contributed by atoms with Gasteiger partial charge in [0.2, 0.25) is 0 Å². The van der Waals surface area contributed by atoms with Crippen molar-refractivity contribution in [1.82, 2.24) is 15.3 Å². The standard InChI is InChI=1S/C26H23N3O4/c1-18-3-9-22(10-4-18)32-25-26(28-16-15-27-25)33-23-13-7-20(8-14-23)24(30)29-17-19-5-11-21(31-2)12-6-19/h3-16H,17H2,1-2H3,(H,29,30). The molecular weight excluding hydrogens is 418 g/mol. The van der Waals surface area contributed by atoms with Gasteiger partial charge in [0, 0.05) is 24.5 Å². The Labute approximate surface area is 192 Å². The minimum Gasteiger partial charge on any atom is -0.497 e. The van der Waals surface area contributed by atoms with Crippen LogP contribution in [0.3, 0.4) is 0 Å². The normalized spacial score (nSPS) is 10.4. The van der Waals surface area contributed by atoms with Crippen molar-refractivity contribution < 1.29 is 19.0 Å². The van der Waals surface area contributed by atoms with E-state index in [9.17, 15) is 4.79 Å². The van der Waals surface area contributed by atoms with Gasteiger partial charge in [0.05, 0.1) is 7.11 Å². The van der Waals surface area contributed by atoms with Gasteiger partial charge in [-0.25, -0.2) is 9.97 Å². The Morgan fingerprint density at radius 3 is 1.82 bits per heavy atom. The van der Waals surface area contributed by atoms with Crippen LogP contribution in [0.2, 0.25) is 0 Å². The SMILES string of the molecule is COc1ccc(CNC(=O)c2ccc(Oc3nccnc3Oc3ccc(C)cc3)cc2)cc1. The number of methoxy groups -OCH3 is 1. The van der Waals surface area contributed by atoms with Crippen LogP contribution in [0, 0.1) is 6.92 Å². The van der Waals surface area contributed by atoms with Gasteiger partial charge < -0.3 is 19.5 Å². The van der Waals surface area contributed by atoms with Crippen LogP contribution in [0.5, 0.6) is 29.0 Å². The average molecular weight is 441 g/mol. The molecule has 0 aliphatic heterocycles. The second-order valence-electron chi connectivity index (χ2n) is 7.24. The van der Waals surface area contributed by atoms with Crippen molar-refractivity contribution in [3.63, 3.8) is 0 Å². The summed E-state index contributed by atoms with van der Waals surface area (Å²) < 4.78 is 16.8. The Bertz CT molecular complexity index is 1210. The van der Waals surface area contributed by atoms with Crippen molar-refractivity contribution >= 4 is 5.91 Å². The van der Waals surface area contributed by atoms with Crippen molar-refractivity contribution in [3.8, 4) is 29.0 Å². The van der Waals surface area contributed by atoms with E-state index < -0.39 is 0 Å². The fraction of sp³-hybridized carbons (Fsp3) is 0.115. The third kappa shape index (κ3) is 5.86. The van der Waals surface area contributed by atoms with E-state index in [-0.39, 0.29) is 17.7 Å². The molecule has 7 nitrogen and oxygen atoms in total. The Morgan fingerprint density at radius 2 is 1.27 bits per heavy atom. The Hall–Kier alpha value is -4.39. The number of benzene rings is 3. The minimum atomic E-state index is -0.180. The molecule has 4 aromatic rings. The van der Waals surface area contributed by atoms with Crippen molar-refractivity contribution in [3.05, 3.63) is 102 Å². The maximum Gasteiger partial charge on any atom is 0.284 e. The molecule has 1 heterocycles. The number of aryl methyl sites for hydroxylation is 1. The molecule has 1 aromatic heterocycles. The number of rotatable bonds is 8. The van der Waals surface area contributed by atoms with Crippen LogP contribution in [0.15, 0.2) is 85.2 Å². The second-order valence-corrected chi connectivity index (χ2v) is 7.24. The van der Waals surface area contributed by atoms with Gasteiger partial charge in [-0.1, -0.05) is 29.8 Å². The summed E-state index contributed by atoms with van der Waals surface area (Å²) in [6.45, 7) is 2.42. The molecule has 0 spiro atoms. The minimum absolute atomic E-state index is 0.180. The van der Waals surface area contributed by atoms with Crippen molar-refractivity contribution in [2.24, 2.45) is 0 Å². The van der Waals surface area contributed by atoms with Crippen molar-refractivity contribution in [1.29, 1.82) is 0 Å². The van der Waals surface area contributed by atoms with Crippen LogP contribution in [0.1, 0.15) is 21.5 Å². The summed E-state index contributed by atoms with van der Waals surface area (Å²) in [6.07, 6.45) is 3.06. The number of ether oxygens (including phenoxy) is 3. The fourth-order valence-corrected chi connectivity index (χ4v) is 2.98. The van der Waals surface area contributed by atoms with Gasteiger partial charge in [-0.05, 0) is 61.0 Å². The van der Waals surface area contributed by atoms with E-state index >= 15 is 0 Å². The summed E-state index contributed by atoms with van der Waals surface area (Å²) in [5.41, 5.74) is 2.63. The van der Waals surface area contributed by atoms with Gasteiger partial charge in [-0.15, -0.1) is 0 Å². The number of hydrogen-bond acceptors (Lipinski definition) is 6. The van der Waals surface area contributed by atoms with Crippen molar-refractivity contribution in [2.75, 3.05) is 7.11 Å². The van der Waals surface area contributed by atoms with E-state index in [1.54, 1.807) is 31.4 Å². The summed E-state index contributed by atoms with van der Waals surface area (Å²) in [6, 6.07) is 21.9. The molecule has 7 heteroatoms. The lowest BCUT2D eigenvalue weighted by Crippen LogP contribution is -2.22. The second kappa shape index (κ2) is 10.3. The fourth-order valence-electron chi connectivity index (χ4n) is 2.98. The first-order chi connectivity index (χ1) is 16.1. The first kappa shape index (κ1) is 21.8. The van der Waals surface area contributed by atoms with Gasteiger partial charge in [0.25, 0.3) is 17.7 Å². The lowest BCUT2D eigenvalue weighted by atomic mass is 10.2. The highest BCUT2D eigenvalue weighted by molar-refractivity contribution is 5.94. The van der Waals surface area contributed by atoms with E-state index in [1.165, 1.54) is 12.4 Å². The molecule has 3 aromatic carbocycles. The molecule has 0 bridgehead atoms. The van der Waals surface area contributed by atoms with E-state index in [0.717, 1.165) is 16.9 Å². The quantitative estimate of drug-likeness (QED) is 0.399. The molecule has 0 fully saturated rings. The highest BCUT2D eigenvalue weighted by atomic mass is 16.5. The smallest absolute Gasteiger partial charge is 0.284 e. The molecule has 0 saturated carbocycles. The Kier molecular flexibility index (Phi) is 6.80. The van der Waals surface area contributed by atoms with Gasteiger partial charge in [0.1, 0.15) is 17.2 Å². The highest BCUT2D eigenvalue weighted by Crippen LogP contribution is 2.30. The molecule has 0 unspecified atom stereocenters. The van der Waals surface area contributed by atoms with Gasteiger partial charge >= 0.3 is 0 Å². The molecule has 166 valence electrons. The number of amides is 1. The molecule has 1 N–H and O–H groups in total. The molecular formula is C26H23N3O4. The third-order valence-electron chi connectivity index (χ3n) is 4.81. The summed E-state index contributed by atoms with van der Waals surface area (Å²) in [5, 5.41) is 2.90. The van der Waals surface area contributed by atoms with Crippen LogP contribution < -0.4 is 19.5 Å². The number of nitrogens with zero attached hydrogens (tertiary/aromatic N) is 2. The van der Waals surface area contributed by atoms with Crippen LogP contribution in [-0.4, -0.2) is 23.0 Å². The first-order valence-electron chi connectivity index (χ1n) is 10.4. The summed E-state index contributed by atoms with van der Waals surface area (Å²) in [5.74, 6) is 2.22. The predicted octanol–water partition coefficient (Wildman–Crippen LogP) is 5.31. The topological polar surface area (TPSA) is 82.6 Å². The molecule has 1 amide bonds. The van der Waals surface area contributed by atoms with Gasteiger partial charge in [-0.2, -0.15) is 0 Å². The number of carbonyl (C=O) groups excluding carboxylic acids is 1.